The van der Waals surface area contributed by atoms with Crippen LogP contribution in [0.4, 0.5) is 11.4 Å². The Hall–Kier alpha value is -2.43. The van der Waals surface area contributed by atoms with E-state index in [-0.39, 0.29) is 5.91 Å². The summed E-state index contributed by atoms with van der Waals surface area (Å²) >= 11 is 0. The Kier molecular flexibility index (Phi) is 4.04. The maximum Gasteiger partial charge on any atom is 0.289 e. The van der Waals surface area contributed by atoms with Gasteiger partial charge in [0.2, 0.25) is 0 Å². The van der Waals surface area contributed by atoms with Crippen molar-refractivity contribution in [2.24, 2.45) is 0 Å². The molecule has 3 rings (SSSR count). The highest BCUT2D eigenvalue weighted by atomic mass is 16.3. The zero-order valence-corrected chi connectivity index (χ0v) is 12.8. The lowest BCUT2D eigenvalue weighted by molar-refractivity contribution is 0.0714. The van der Waals surface area contributed by atoms with Gasteiger partial charge in [-0.25, -0.2) is 0 Å². The molecule has 2 N–H and O–H groups in total. The number of nitrogens with two attached hydrogens (primary N) is 1. The molecule has 1 aliphatic rings. The van der Waals surface area contributed by atoms with Crippen molar-refractivity contribution >= 4 is 17.3 Å². The molecule has 116 valence electrons. The summed E-state index contributed by atoms with van der Waals surface area (Å²) in [5, 5.41) is 0. The van der Waals surface area contributed by atoms with E-state index in [9.17, 15) is 4.79 Å². The van der Waals surface area contributed by atoms with E-state index in [0.29, 0.717) is 18.8 Å². The molecule has 0 bridgehead atoms. The number of amides is 1. The van der Waals surface area contributed by atoms with Crippen molar-refractivity contribution in [1.29, 1.82) is 0 Å². The van der Waals surface area contributed by atoms with E-state index in [0.717, 1.165) is 30.9 Å². The summed E-state index contributed by atoms with van der Waals surface area (Å²) in [6.45, 7) is 5.09. The number of nitrogens with zero attached hydrogens (tertiary/aromatic N) is 2. The molecule has 22 heavy (non-hydrogen) atoms. The first kappa shape index (κ1) is 14.5. The Bertz CT molecular complexity index is 644. The van der Waals surface area contributed by atoms with E-state index in [4.69, 9.17) is 10.2 Å². The molecule has 1 fully saturated rings. The number of carbonyl (C=O) groups is 1. The van der Waals surface area contributed by atoms with Crippen LogP contribution < -0.4 is 10.6 Å². The fourth-order valence-corrected chi connectivity index (χ4v) is 2.82. The van der Waals surface area contributed by atoms with Crippen LogP contribution in [-0.4, -0.2) is 37.0 Å². The van der Waals surface area contributed by atoms with Gasteiger partial charge >= 0.3 is 0 Å². The highest BCUT2D eigenvalue weighted by Crippen LogP contribution is 2.23. The van der Waals surface area contributed by atoms with E-state index < -0.39 is 0 Å². The van der Waals surface area contributed by atoms with Crippen molar-refractivity contribution < 1.29 is 9.21 Å². The van der Waals surface area contributed by atoms with E-state index in [1.54, 1.807) is 12.1 Å². The third-order valence-electron chi connectivity index (χ3n) is 4.17. The molecule has 0 aliphatic carbocycles. The van der Waals surface area contributed by atoms with E-state index in [1.165, 1.54) is 11.8 Å². The number of piperazine rings is 1. The number of rotatable bonds is 3. The van der Waals surface area contributed by atoms with Crippen LogP contribution >= 0.6 is 0 Å². The second-order valence-corrected chi connectivity index (χ2v) is 5.49. The Balaban J connectivity index is 1.64. The van der Waals surface area contributed by atoms with Crippen LogP contribution in [0.5, 0.6) is 0 Å². The third-order valence-corrected chi connectivity index (χ3v) is 4.17. The molecule has 5 heteroatoms. The molecule has 5 nitrogen and oxygen atoms in total. The number of anilines is 2. The molecule has 1 aromatic carbocycles. The molecular formula is C17H21N3O2. The molecule has 2 aromatic rings. The minimum atomic E-state index is -0.0366. The summed E-state index contributed by atoms with van der Waals surface area (Å²) in [4.78, 5) is 16.3. The van der Waals surface area contributed by atoms with Gasteiger partial charge in [0, 0.05) is 37.6 Å². The predicted octanol–water partition coefficient (Wildman–Crippen LogP) is 2.39. The number of hydrogen-bond acceptors (Lipinski definition) is 4. The van der Waals surface area contributed by atoms with Gasteiger partial charge in [-0.05, 0) is 36.2 Å². The van der Waals surface area contributed by atoms with Gasteiger partial charge in [0.25, 0.3) is 5.91 Å². The van der Waals surface area contributed by atoms with Crippen LogP contribution in [0.2, 0.25) is 0 Å². The maximum absolute atomic E-state index is 12.2. The van der Waals surface area contributed by atoms with Gasteiger partial charge in [0.15, 0.2) is 5.76 Å². The van der Waals surface area contributed by atoms with Gasteiger partial charge in [-0.3, -0.25) is 4.79 Å². The Labute approximate surface area is 130 Å². The summed E-state index contributed by atoms with van der Waals surface area (Å²) in [5.74, 6) is 0.371. The standard InChI is InChI=1S/C17H21N3O2/c1-2-13-5-6-14(12-15(13)18)19-7-9-20(10-8-19)17(21)16-4-3-11-22-16/h3-6,11-12H,2,7-10,18H2,1H3. The zero-order valence-electron chi connectivity index (χ0n) is 12.8. The lowest BCUT2D eigenvalue weighted by Crippen LogP contribution is -2.48. The van der Waals surface area contributed by atoms with Crippen LogP contribution in [0.15, 0.2) is 41.0 Å². The van der Waals surface area contributed by atoms with Gasteiger partial charge in [0.05, 0.1) is 6.26 Å². The highest BCUT2D eigenvalue weighted by molar-refractivity contribution is 5.91. The molecule has 0 atom stereocenters. The lowest BCUT2D eigenvalue weighted by atomic mass is 10.1. The molecule has 1 saturated heterocycles. The van der Waals surface area contributed by atoms with Crippen LogP contribution in [0.3, 0.4) is 0 Å². The quantitative estimate of drug-likeness (QED) is 0.884. The second kappa shape index (κ2) is 6.13. The van der Waals surface area contributed by atoms with Crippen LogP contribution in [0, 0.1) is 0 Å². The molecule has 2 heterocycles. The van der Waals surface area contributed by atoms with E-state index in [2.05, 4.69) is 24.0 Å². The van der Waals surface area contributed by atoms with Crippen molar-refractivity contribution in [3.8, 4) is 0 Å². The van der Waals surface area contributed by atoms with E-state index >= 15 is 0 Å². The monoisotopic (exact) mass is 299 g/mol. The molecule has 0 unspecified atom stereocenters. The normalized spacial score (nSPS) is 15.1. The van der Waals surface area contributed by atoms with Gasteiger partial charge < -0.3 is 20.0 Å². The first-order valence-corrected chi connectivity index (χ1v) is 7.65. The molecule has 0 radical (unpaired) electrons. The van der Waals surface area contributed by atoms with Crippen LogP contribution in [-0.2, 0) is 6.42 Å². The summed E-state index contributed by atoms with van der Waals surface area (Å²) < 4.78 is 5.18. The fraction of sp³-hybridized carbons (Fsp3) is 0.353. The number of nitrogen functional groups attached to an aromatic ring is 1. The SMILES string of the molecule is CCc1ccc(N2CCN(C(=O)c3ccco3)CC2)cc1N. The number of aryl methyl sites for hydroxylation is 1. The van der Waals surface area contributed by atoms with Crippen molar-refractivity contribution in [3.05, 3.63) is 47.9 Å². The van der Waals surface area contributed by atoms with Crippen LogP contribution in [0.25, 0.3) is 0 Å². The molecule has 0 spiro atoms. The second-order valence-electron chi connectivity index (χ2n) is 5.49. The molecule has 1 aromatic heterocycles. The number of carbonyl (C=O) groups excluding carboxylic acids is 1. The summed E-state index contributed by atoms with van der Waals surface area (Å²) in [6, 6.07) is 9.67. The minimum absolute atomic E-state index is 0.0366. The van der Waals surface area contributed by atoms with Crippen molar-refractivity contribution in [2.45, 2.75) is 13.3 Å². The Morgan fingerprint density at radius 1 is 1.23 bits per heavy atom. The zero-order chi connectivity index (χ0) is 15.5. The molecule has 1 amide bonds. The largest absolute Gasteiger partial charge is 0.459 e. The molecule has 1 aliphatic heterocycles. The van der Waals surface area contributed by atoms with Crippen molar-refractivity contribution in [2.75, 3.05) is 36.8 Å². The fourth-order valence-electron chi connectivity index (χ4n) is 2.82. The van der Waals surface area contributed by atoms with Crippen molar-refractivity contribution in [1.82, 2.24) is 4.90 Å². The highest BCUT2D eigenvalue weighted by Gasteiger charge is 2.23. The first-order chi connectivity index (χ1) is 10.7. The van der Waals surface area contributed by atoms with Gasteiger partial charge in [-0.1, -0.05) is 13.0 Å². The summed E-state index contributed by atoms with van der Waals surface area (Å²) in [7, 11) is 0. The van der Waals surface area contributed by atoms with Gasteiger partial charge in [-0.2, -0.15) is 0 Å². The maximum atomic E-state index is 12.2. The Morgan fingerprint density at radius 3 is 2.59 bits per heavy atom. The predicted molar refractivity (Wildman–Crippen MR) is 87.1 cm³/mol. The number of furan rings is 1. The van der Waals surface area contributed by atoms with E-state index in [1.807, 2.05) is 11.0 Å². The summed E-state index contributed by atoms with van der Waals surface area (Å²) in [5.41, 5.74) is 9.22. The Morgan fingerprint density at radius 2 is 2.00 bits per heavy atom. The minimum Gasteiger partial charge on any atom is -0.459 e. The first-order valence-electron chi connectivity index (χ1n) is 7.65. The molecule has 0 saturated carbocycles. The van der Waals surface area contributed by atoms with Gasteiger partial charge in [0.1, 0.15) is 0 Å². The smallest absolute Gasteiger partial charge is 0.289 e. The number of hydrogen-bond donors (Lipinski definition) is 1. The number of benzene rings is 1. The lowest BCUT2D eigenvalue weighted by Gasteiger charge is -2.36. The topological polar surface area (TPSA) is 62.7 Å². The van der Waals surface area contributed by atoms with Gasteiger partial charge in [-0.15, -0.1) is 0 Å². The third kappa shape index (κ3) is 2.79. The average Bonchev–Trinajstić information content (AvgIpc) is 3.09. The molecular weight excluding hydrogens is 278 g/mol. The summed E-state index contributed by atoms with van der Waals surface area (Å²) in [6.07, 6.45) is 2.47. The average molecular weight is 299 g/mol. The van der Waals surface area contributed by atoms with Crippen LogP contribution in [0.1, 0.15) is 23.0 Å². The van der Waals surface area contributed by atoms with Crippen molar-refractivity contribution in [3.63, 3.8) is 0 Å².